The molecule has 2 N–H and O–H groups in total. The van der Waals surface area contributed by atoms with Gasteiger partial charge in [0.25, 0.3) is 0 Å². The molecule has 1 unspecified atom stereocenters. The molecule has 0 aromatic heterocycles. The molecule has 19 heavy (non-hydrogen) atoms. The van der Waals surface area contributed by atoms with Crippen LogP contribution in [0.2, 0.25) is 0 Å². The Morgan fingerprint density at radius 2 is 2.11 bits per heavy atom. The molecule has 0 bridgehead atoms. The fraction of sp³-hybridized carbons (Fsp3) is 0.600. The minimum Gasteiger partial charge on any atom is -0.384 e. The van der Waals surface area contributed by atoms with Crippen LogP contribution in [-0.2, 0) is 0 Å². The maximum atomic E-state index is 3.61. The van der Waals surface area contributed by atoms with Crippen molar-refractivity contribution in [3.8, 4) is 0 Å². The lowest BCUT2D eigenvalue weighted by Crippen LogP contribution is -2.45. The highest BCUT2D eigenvalue weighted by Crippen LogP contribution is 2.23. The Morgan fingerprint density at radius 3 is 2.79 bits per heavy atom. The van der Waals surface area contributed by atoms with Gasteiger partial charge in [-0.1, -0.05) is 13.0 Å². The number of halogens is 1. The number of hydrogen-bond donors (Lipinski definition) is 2. The van der Waals surface area contributed by atoms with Crippen molar-refractivity contribution in [2.24, 2.45) is 5.92 Å². The first-order chi connectivity index (χ1) is 9.15. The first kappa shape index (κ1) is 14.8. The van der Waals surface area contributed by atoms with E-state index in [1.165, 1.54) is 30.9 Å². The number of rotatable bonds is 5. The Balaban J connectivity index is 1.77. The fourth-order valence-corrected chi connectivity index (χ4v) is 3.08. The number of benzene rings is 1. The summed E-state index contributed by atoms with van der Waals surface area (Å²) in [5.41, 5.74) is 2.48. The molecule has 3 nitrogen and oxygen atoms in total. The van der Waals surface area contributed by atoms with E-state index in [1.54, 1.807) is 0 Å². The van der Waals surface area contributed by atoms with Crippen molar-refractivity contribution in [1.29, 1.82) is 0 Å². The average molecular weight is 326 g/mol. The number of hydrogen-bond acceptors (Lipinski definition) is 3. The number of anilines is 1. The third kappa shape index (κ3) is 4.79. The Bertz CT molecular complexity index is 402. The predicted molar refractivity (Wildman–Crippen MR) is 85.8 cm³/mol. The second-order valence-electron chi connectivity index (χ2n) is 5.52. The van der Waals surface area contributed by atoms with E-state index in [0.29, 0.717) is 5.92 Å². The van der Waals surface area contributed by atoms with Crippen molar-refractivity contribution in [1.82, 2.24) is 10.2 Å². The van der Waals surface area contributed by atoms with Crippen LogP contribution in [0.25, 0.3) is 0 Å². The maximum Gasteiger partial charge on any atom is 0.0484 e. The molecule has 4 heteroatoms. The summed E-state index contributed by atoms with van der Waals surface area (Å²) in [7, 11) is 0. The first-order valence-corrected chi connectivity index (χ1v) is 7.87. The van der Waals surface area contributed by atoms with Crippen molar-refractivity contribution in [2.75, 3.05) is 44.6 Å². The summed E-state index contributed by atoms with van der Waals surface area (Å²) >= 11 is 3.61. The minimum absolute atomic E-state index is 0.659. The highest BCUT2D eigenvalue weighted by atomic mass is 79.9. The summed E-state index contributed by atoms with van der Waals surface area (Å²) in [6.45, 7) is 11.2. The van der Waals surface area contributed by atoms with E-state index >= 15 is 0 Å². The van der Waals surface area contributed by atoms with E-state index in [-0.39, 0.29) is 0 Å². The number of aryl methyl sites for hydroxylation is 1. The summed E-state index contributed by atoms with van der Waals surface area (Å²) in [6, 6.07) is 6.45. The van der Waals surface area contributed by atoms with E-state index in [2.05, 4.69) is 63.5 Å². The summed E-state index contributed by atoms with van der Waals surface area (Å²) in [5, 5.41) is 6.94. The molecular weight excluding hydrogens is 302 g/mol. The zero-order valence-corrected chi connectivity index (χ0v) is 13.5. The van der Waals surface area contributed by atoms with Gasteiger partial charge < -0.3 is 15.5 Å². The van der Waals surface area contributed by atoms with Gasteiger partial charge >= 0.3 is 0 Å². The maximum absolute atomic E-state index is 3.61. The van der Waals surface area contributed by atoms with Crippen LogP contribution >= 0.6 is 15.9 Å². The van der Waals surface area contributed by atoms with E-state index in [0.717, 1.165) is 24.1 Å². The van der Waals surface area contributed by atoms with Crippen LogP contribution in [-0.4, -0.2) is 44.2 Å². The molecule has 106 valence electrons. The smallest absolute Gasteiger partial charge is 0.0484 e. The molecule has 1 saturated heterocycles. The molecule has 1 aliphatic rings. The van der Waals surface area contributed by atoms with Gasteiger partial charge in [0, 0.05) is 49.4 Å². The van der Waals surface area contributed by atoms with Gasteiger partial charge in [-0.15, -0.1) is 0 Å². The second kappa shape index (κ2) is 7.27. The van der Waals surface area contributed by atoms with E-state index < -0.39 is 0 Å². The predicted octanol–water partition coefficient (Wildman–Crippen LogP) is 2.71. The first-order valence-electron chi connectivity index (χ1n) is 7.08. The molecule has 1 atom stereocenters. The number of nitrogens with one attached hydrogen (secondary N) is 2. The van der Waals surface area contributed by atoms with Crippen LogP contribution < -0.4 is 10.6 Å². The van der Waals surface area contributed by atoms with Gasteiger partial charge in [-0.25, -0.2) is 0 Å². The van der Waals surface area contributed by atoms with Gasteiger partial charge in [-0.2, -0.15) is 0 Å². The average Bonchev–Trinajstić information content (AvgIpc) is 2.39. The van der Waals surface area contributed by atoms with Gasteiger partial charge in [0.2, 0.25) is 0 Å². The lowest BCUT2D eigenvalue weighted by molar-refractivity contribution is 0.215. The van der Waals surface area contributed by atoms with Crippen LogP contribution in [0.3, 0.4) is 0 Å². The van der Waals surface area contributed by atoms with Crippen LogP contribution in [0.5, 0.6) is 0 Å². The molecule has 0 aliphatic carbocycles. The van der Waals surface area contributed by atoms with Gasteiger partial charge in [-0.3, -0.25) is 0 Å². The van der Waals surface area contributed by atoms with E-state index in [9.17, 15) is 0 Å². The van der Waals surface area contributed by atoms with Gasteiger partial charge in [-0.05, 0) is 46.5 Å². The van der Waals surface area contributed by atoms with Gasteiger partial charge in [0.1, 0.15) is 0 Å². The van der Waals surface area contributed by atoms with Crippen molar-refractivity contribution < 1.29 is 0 Å². The highest BCUT2D eigenvalue weighted by molar-refractivity contribution is 9.10. The Morgan fingerprint density at radius 1 is 1.37 bits per heavy atom. The Kier molecular flexibility index (Phi) is 5.67. The number of nitrogens with zero attached hydrogens (tertiary/aromatic N) is 1. The summed E-state index contributed by atoms with van der Waals surface area (Å²) < 4.78 is 1.15. The molecule has 1 aromatic carbocycles. The van der Waals surface area contributed by atoms with Crippen molar-refractivity contribution >= 4 is 21.6 Å². The van der Waals surface area contributed by atoms with Crippen LogP contribution in [0.1, 0.15) is 12.5 Å². The largest absolute Gasteiger partial charge is 0.384 e. The van der Waals surface area contributed by atoms with Crippen molar-refractivity contribution in [3.63, 3.8) is 0 Å². The molecule has 2 rings (SSSR count). The topological polar surface area (TPSA) is 27.3 Å². The molecular formula is C15H24BrN3. The standard InChI is InChI=1S/C15H24BrN3/c1-12-3-4-15(14(16)9-12)18-10-13(2)11-19-7-5-17-6-8-19/h3-4,9,13,17-18H,5-8,10-11H2,1-2H3. The minimum atomic E-state index is 0.659. The number of piperazine rings is 1. The Hall–Kier alpha value is -0.580. The molecule has 1 aliphatic heterocycles. The van der Waals surface area contributed by atoms with Gasteiger partial charge in [0.05, 0.1) is 0 Å². The highest BCUT2D eigenvalue weighted by Gasteiger charge is 2.13. The second-order valence-corrected chi connectivity index (χ2v) is 6.37. The molecule has 0 radical (unpaired) electrons. The van der Waals surface area contributed by atoms with Crippen molar-refractivity contribution in [3.05, 3.63) is 28.2 Å². The summed E-state index contributed by atoms with van der Waals surface area (Å²) in [5.74, 6) is 0.659. The SMILES string of the molecule is Cc1ccc(NCC(C)CN2CCNCC2)c(Br)c1. The molecule has 1 heterocycles. The van der Waals surface area contributed by atoms with Gasteiger partial charge in [0.15, 0.2) is 0 Å². The van der Waals surface area contributed by atoms with Crippen LogP contribution in [0.4, 0.5) is 5.69 Å². The van der Waals surface area contributed by atoms with Crippen molar-refractivity contribution in [2.45, 2.75) is 13.8 Å². The molecule has 0 saturated carbocycles. The zero-order chi connectivity index (χ0) is 13.7. The van der Waals surface area contributed by atoms with E-state index in [1.807, 2.05) is 0 Å². The molecule has 1 aromatic rings. The zero-order valence-electron chi connectivity index (χ0n) is 11.9. The molecule has 0 spiro atoms. The van der Waals surface area contributed by atoms with E-state index in [4.69, 9.17) is 0 Å². The monoisotopic (exact) mass is 325 g/mol. The van der Waals surface area contributed by atoms with Crippen LogP contribution in [0, 0.1) is 12.8 Å². The summed E-state index contributed by atoms with van der Waals surface area (Å²) in [6.07, 6.45) is 0. The normalized spacial score (nSPS) is 18.3. The summed E-state index contributed by atoms with van der Waals surface area (Å²) in [4.78, 5) is 2.55. The third-order valence-corrected chi connectivity index (χ3v) is 4.20. The van der Waals surface area contributed by atoms with Crippen LogP contribution in [0.15, 0.2) is 22.7 Å². The fourth-order valence-electron chi connectivity index (χ4n) is 2.45. The third-order valence-electron chi connectivity index (χ3n) is 3.55. The Labute approximate surface area is 124 Å². The molecule has 1 fully saturated rings. The quantitative estimate of drug-likeness (QED) is 0.871. The molecule has 0 amide bonds. The lowest BCUT2D eigenvalue weighted by Gasteiger charge is -2.29. The lowest BCUT2D eigenvalue weighted by atomic mass is 10.1.